The van der Waals surface area contributed by atoms with Crippen LogP contribution in [-0.2, 0) is 6.54 Å². The van der Waals surface area contributed by atoms with Crippen molar-refractivity contribution in [3.63, 3.8) is 0 Å². The molecule has 2 aliphatic rings. The zero-order valence-electron chi connectivity index (χ0n) is 16.7. The molecule has 2 heterocycles. The van der Waals surface area contributed by atoms with E-state index < -0.39 is 0 Å². The van der Waals surface area contributed by atoms with Crippen molar-refractivity contribution in [3.05, 3.63) is 66.1 Å². The van der Waals surface area contributed by atoms with E-state index in [4.69, 9.17) is 0 Å². The number of aromatic nitrogens is 2. The lowest BCUT2D eigenvalue weighted by Gasteiger charge is -2.33. The monoisotopic (exact) mass is 386 g/mol. The van der Waals surface area contributed by atoms with Gasteiger partial charge < -0.3 is 20.9 Å². The molecule has 1 aliphatic heterocycles. The van der Waals surface area contributed by atoms with Crippen molar-refractivity contribution < 1.29 is 0 Å². The highest BCUT2D eigenvalue weighted by atomic mass is 15.3. The first kappa shape index (κ1) is 17.9. The number of fused-ring (bicyclic) bond motifs is 2. The molecule has 29 heavy (non-hydrogen) atoms. The fourth-order valence-corrected chi connectivity index (χ4v) is 3.75. The molecule has 1 saturated carbocycles. The summed E-state index contributed by atoms with van der Waals surface area (Å²) in [6, 6.07) is 15.6. The number of nitrogens with zero attached hydrogens (tertiary/aromatic N) is 3. The Labute approximate surface area is 171 Å². The molecule has 5 rings (SSSR count). The highest BCUT2D eigenvalue weighted by molar-refractivity contribution is 5.91. The zero-order valence-corrected chi connectivity index (χ0v) is 16.7. The van der Waals surface area contributed by atoms with Crippen molar-refractivity contribution in [2.45, 2.75) is 32.4 Å². The van der Waals surface area contributed by atoms with Crippen LogP contribution in [0.4, 0.5) is 28.6 Å². The van der Waals surface area contributed by atoms with Gasteiger partial charge in [-0.05, 0) is 43.0 Å². The number of anilines is 5. The molecule has 0 unspecified atom stereocenters. The van der Waals surface area contributed by atoms with Gasteiger partial charge in [-0.1, -0.05) is 30.3 Å². The highest BCUT2D eigenvalue weighted by Crippen LogP contribution is 2.44. The molecule has 1 aliphatic carbocycles. The SMILES string of the molecule is Cc1cc2c(cc1NC1CC1)N(CCNCc1ccccc1)c1ncncc1N2. The second-order valence-corrected chi connectivity index (χ2v) is 7.80. The lowest BCUT2D eigenvalue weighted by Crippen LogP contribution is -2.32. The van der Waals surface area contributed by atoms with Crippen LogP contribution in [0.25, 0.3) is 0 Å². The summed E-state index contributed by atoms with van der Waals surface area (Å²) >= 11 is 0. The number of rotatable bonds is 7. The Morgan fingerprint density at radius 3 is 2.83 bits per heavy atom. The van der Waals surface area contributed by atoms with Crippen LogP contribution < -0.4 is 20.9 Å². The van der Waals surface area contributed by atoms with Gasteiger partial charge in [-0.15, -0.1) is 0 Å². The van der Waals surface area contributed by atoms with Gasteiger partial charge >= 0.3 is 0 Å². The number of aryl methyl sites for hydroxylation is 1. The zero-order chi connectivity index (χ0) is 19.6. The average molecular weight is 387 g/mol. The predicted octanol–water partition coefficient (Wildman–Crippen LogP) is 4.34. The van der Waals surface area contributed by atoms with Crippen LogP contribution in [0.15, 0.2) is 55.0 Å². The first-order valence-corrected chi connectivity index (χ1v) is 10.3. The quantitative estimate of drug-likeness (QED) is 0.525. The van der Waals surface area contributed by atoms with E-state index in [1.54, 1.807) is 6.33 Å². The molecule has 6 nitrogen and oxygen atoms in total. The van der Waals surface area contributed by atoms with Crippen LogP contribution in [-0.4, -0.2) is 29.1 Å². The lowest BCUT2D eigenvalue weighted by molar-refractivity contribution is 0.685. The Kier molecular flexibility index (Phi) is 4.77. The molecule has 0 saturated heterocycles. The van der Waals surface area contributed by atoms with E-state index in [2.05, 4.69) is 74.1 Å². The molecule has 148 valence electrons. The molecule has 6 heteroatoms. The number of hydrogen-bond acceptors (Lipinski definition) is 6. The van der Waals surface area contributed by atoms with E-state index in [1.807, 2.05) is 12.3 Å². The summed E-state index contributed by atoms with van der Waals surface area (Å²) < 4.78 is 0. The summed E-state index contributed by atoms with van der Waals surface area (Å²) in [7, 11) is 0. The van der Waals surface area contributed by atoms with Gasteiger partial charge in [-0.25, -0.2) is 9.97 Å². The molecular weight excluding hydrogens is 360 g/mol. The third-order valence-corrected chi connectivity index (χ3v) is 5.47. The molecule has 1 aromatic heterocycles. The molecule has 1 fully saturated rings. The number of hydrogen-bond donors (Lipinski definition) is 3. The summed E-state index contributed by atoms with van der Waals surface area (Å²) in [4.78, 5) is 11.1. The molecular formula is C23H26N6. The summed E-state index contributed by atoms with van der Waals surface area (Å²) in [6.45, 7) is 4.71. The van der Waals surface area contributed by atoms with E-state index in [0.29, 0.717) is 6.04 Å². The standard InChI is InChI=1S/C23H26N6/c1-16-11-20-22(12-19(16)27-18-7-8-18)29(23-21(28-20)14-25-15-26-23)10-9-24-13-17-5-3-2-4-6-17/h2-6,11-12,14-15,18,24,27-28H,7-10,13H2,1H3. The smallest absolute Gasteiger partial charge is 0.160 e. The van der Waals surface area contributed by atoms with Crippen LogP contribution in [0, 0.1) is 6.92 Å². The minimum absolute atomic E-state index is 0.624. The fraction of sp³-hybridized carbons (Fsp3) is 0.304. The third kappa shape index (κ3) is 3.89. The second kappa shape index (κ2) is 7.72. The molecule has 2 aromatic carbocycles. The predicted molar refractivity (Wildman–Crippen MR) is 118 cm³/mol. The molecule has 0 amide bonds. The van der Waals surface area contributed by atoms with Crippen molar-refractivity contribution in [1.82, 2.24) is 15.3 Å². The Morgan fingerprint density at radius 1 is 1.14 bits per heavy atom. The van der Waals surface area contributed by atoms with Crippen LogP contribution >= 0.6 is 0 Å². The van der Waals surface area contributed by atoms with E-state index in [9.17, 15) is 0 Å². The number of benzene rings is 2. The lowest BCUT2D eigenvalue weighted by atomic mass is 10.1. The van der Waals surface area contributed by atoms with Crippen LogP contribution in [0.1, 0.15) is 24.0 Å². The maximum absolute atomic E-state index is 4.57. The van der Waals surface area contributed by atoms with Gasteiger partial charge in [0.2, 0.25) is 0 Å². The Balaban J connectivity index is 1.37. The van der Waals surface area contributed by atoms with Gasteiger partial charge in [0, 0.05) is 31.4 Å². The van der Waals surface area contributed by atoms with Gasteiger partial charge in [-0.3, -0.25) is 0 Å². The van der Waals surface area contributed by atoms with Crippen molar-refractivity contribution in [2.75, 3.05) is 28.6 Å². The van der Waals surface area contributed by atoms with Gasteiger partial charge in [0.1, 0.15) is 12.0 Å². The second-order valence-electron chi connectivity index (χ2n) is 7.80. The third-order valence-electron chi connectivity index (χ3n) is 5.47. The van der Waals surface area contributed by atoms with Crippen LogP contribution in [0.3, 0.4) is 0 Å². The minimum Gasteiger partial charge on any atom is -0.382 e. The van der Waals surface area contributed by atoms with Crippen molar-refractivity contribution in [3.8, 4) is 0 Å². The minimum atomic E-state index is 0.624. The average Bonchev–Trinajstić information content (AvgIpc) is 3.56. The molecule has 0 atom stereocenters. The number of nitrogens with one attached hydrogen (secondary N) is 3. The van der Waals surface area contributed by atoms with Crippen LogP contribution in [0.5, 0.6) is 0 Å². The van der Waals surface area contributed by atoms with Crippen LogP contribution in [0.2, 0.25) is 0 Å². The maximum atomic E-state index is 4.57. The molecule has 0 radical (unpaired) electrons. The van der Waals surface area contributed by atoms with E-state index in [1.165, 1.54) is 29.7 Å². The molecule has 0 spiro atoms. The fourth-order valence-electron chi connectivity index (χ4n) is 3.75. The van der Waals surface area contributed by atoms with Gasteiger partial charge in [0.05, 0.1) is 17.6 Å². The highest BCUT2D eigenvalue weighted by Gasteiger charge is 2.26. The summed E-state index contributed by atoms with van der Waals surface area (Å²) in [6.07, 6.45) is 5.99. The molecule has 3 aromatic rings. The topological polar surface area (TPSA) is 65.1 Å². The Hall–Kier alpha value is -3.12. The Bertz CT molecular complexity index is 1000. The van der Waals surface area contributed by atoms with Crippen molar-refractivity contribution in [2.24, 2.45) is 0 Å². The van der Waals surface area contributed by atoms with Gasteiger partial charge in [-0.2, -0.15) is 0 Å². The largest absolute Gasteiger partial charge is 0.382 e. The van der Waals surface area contributed by atoms with Crippen molar-refractivity contribution in [1.29, 1.82) is 0 Å². The summed E-state index contributed by atoms with van der Waals surface area (Å²) in [5.41, 5.74) is 6.98. The summed E-state index contributed by atoms with van der Waals surface area (Å²) in [5, 5.41) is 10.7. The van der Waals surface area contributed by atoms with Crippen molar-refractivity contribution >= 4 is 28.6 Å². The normalized spacial score (nSPS) is 14.7. The van der Waals surface area contributed by atoms with Gasteiger partial charge in [0.15, 0.2) is 5.82 Å². The first-order chi connectivity index (χ1) is 14.3. The van der Waals surface area contributed by atoms with E-state index in [-0.39, 0.29) is 0 Å². The first-order valence-electron chi connectivity index (χ1n) is 10.3. The van der Waals surface area contributed by atoms with Gasteiger partial charge in [0.25, 0.3) is 0 Å². The molecule has 3 N–H and O–H groups in total. The van der Waals surface area contributed by atoms with E-state index in [0.717, 1.165) is 42.5 Å². The maximum Gasteiger partial charge on any atom is 0.160 e. The molecule has 0 bridgehead atoms. The summed E-state index contributed by atoms with van der Waals surface area (Å²) in [5.74, 6) is 0.926. The van der Waals surface area contributed by atoms with E-state index >= 15 is 0 Å². The Morgan fingerprint density at radius 2 is 2.00 bits per heavy atom.